The average molecular weight is 258 g/mol. The quantitative estimate of drug-likeness (QED) is 0.406. The Balaban J connectivity index is 2.03. The second kappa shape index (κ2) is 6.70. The molecule has 6 heteroatoms. The second-order valence-corrected chi connectivity index (χ2v) is 4.89. The third-order valence-electron chi connectivity index (χ3n) is 2.79. The Morgan fingerprint density at radius 1 is 1.44 bits per heavy atom. The van der Waals surface area contributed by atoms with E-state index in [4.69, 9.17) is 0 Å². The fourth-order valence-corrected chi connectivity index (χ4v) is 1.53. The van der Waals surface area contributed by atoms with Gasteiger partial charge in [-0.05, 0) is 32.7 Å². The van der Waals surface area contributed by atoms with Crippen molar-refractivity contribution in [3.05, 3.63) is 0 Å². The average Bonchev–Trinajstić information content (AvgIpc) is 3.11. The molecule has 104 valence electrons. The molecular formula is C12H22N2O4. The van der Waals surface area contributed by atoms with Gasteiger partial charge in [-0.15, -0.1) is 0 Å². The molecule has 0 aliphatic heterocycles. The van der Waals surface area contributed by atoms with E-state index in [9.17, 15) is 14.7 Å². The largest absolute Gasteiger partial charge is 0.467 e. The topological polar surface area (TPSA) is 87.7 Å². The summed E-state index contributed by atoms with van der Waals surface area (Å²) in [5, 5.41) is 15.5. The predicted octanol–water partition coefficient (Wildman–Crippen LogP) is -0.441. The fraction of sp³-hybridized carbons (Fsp3) is 0.833. The molecule has 3 N–H and O–H groups in total. The number of rotatable bonds is 8. The van der Waals surface area contributed by atoms with Crippen molar-refractivity contribution >= 4 is 11.9 Å². The number of hydrogen-bond donors (Lipinski definition) is 3. The van der Waals surface area contributed by atoms with Gasteiger partial charge in [0.25, 0.3) is 0 Å². The Kier molecular flexibility index (Phi) is 5.55. The first kappa shape index (κ1) is 14.9. The number of methoxy groups -OCH3 is 1. The van der Waals surface area contributed by atoms with Crippen molar-refractivity contribution in [1.82, 2.24) is 10.6 Å². The summed E-state index contributed by atoms with van der Waals surface area (Å²) in [4.78, 5) is 22.5. The van der Waals surface area contributed by atoms with Crippen LogP contribution in [-0.4, -0.2) is 48.8 Å². The molecular weight excluding hydrogens is 236 g/mol. The van der Waals surface area contributed by atoms with Crippen molar-refractivity contribution in [2.75, 3.05) is 20.2 Å². The summed E-state index contributed by atoms with van der Waals surface area (Å²) in [5.41, 5.74) is -1.52. The molecule has 0 bridgehead atoms. The highest BCUT2D eigenvalue weighted by Gasteiger charge is 2.30. The molecule has 1 fully saturated rings. The zero-order chi connectivity index (χ0) is 13.6. The Bertz CT molecular complexity index is 300. The van der Waals surface area contributed by atoms with Gasteiger partial charge in [-0.25, -0.2) is 4.79 Å². The minimum absolute atomic E-state index is 0.0685. The third kappa shape index (κ3) is 5.46. The highest BCUT2D eigenvalue weighted by Crippen LogP contribution is 2.18. The highest BCUT2D eigenvalue weighted by atomic mass is 16.5. The van der Waals surface area contributed by atoms with Crippen LogP contribution in [0.5, 0.6) is 0 Å². The van der Waals surface area contributed by atoms with E-state index in [-0.39, 0.29) is 12.5 Å². The van der Waals surface area contributed by atoms with Crippen molar-refractivity contribution in [3.63, 3.8) is 0 Å². The Hall–Kier alpha value is -1.14. The molecule has 1 aliphatic carbocycles. The van der Waals surface area contributed by atoms with E-state index in [0.717, 1.165) is 12.8 Å². The van der Waals surface area contributed by atoms with E-state index in [1.54, 1.807) is 0 Å². The zero-order valence-corrected chi connectivity index (χ0v) is 11.0. The first-order valence-electron chi connectivity index (χ1n) is 6.26. The molecule has 0 heterocycles. The number of amides is 1. The van der Waals surface area contributed by atoms with Crippen LogP contribution in [0.3, 0.4) is 0 Å². The lowest BCUT2D eigenvalue weighted by molar-refractivity contribution is -0.159. The number of hydrogen-bond acceptors (Lipinski definition) is 5. The van der Waals surface area contributed by atoms with E-state index in [1.165, 1.54) is 14.0 Å². The van der Waals surface area contributed by atoms with Crippen molar-refractivity contribution in [2.24, 2.45) is 0 Å². The van der Waals surface area contributed by atoms with Gasteiger partial charge >= 0.3 is 5.97 Å². The molecule has 1 atom stereocenters. The van der Waals surface area contributed by atoms with Crippen molar-refractivity contribution in [1.29, 1.82) is 0 Å². The summed E-state index contributed by atoms with van der Waals surface area (Å²) in [6.07, 6.45) is 3.32. The first-order chi connectivity index (χ1) is 8.45. The molecule has 6 nitrogen and oxygen atoms in total. The van der Waals surface area contributed by atoms with Crippen LogP contribution < -0.4 is 10.6 Å². The molecule has 0 radical (unpaired) electrons. The van der Waals surface area contributed by atoms with Crippen molar-refractivity contribution in [2.45, 2.75) is 44.2 Å². The van der Waals surface area contributed by atoms with Crippen LogP contribution >= 0.6 is 0 Å². The standard InChI is InChI=1S/C12H22N2O4/c1-12(17,11(16)18-2)8-13-7-3-4-10(15)14-9-5-6-9/h9,13,17H,3-8H2,1-2H3,(H,14,15). The van der Waals surface area contributed by atoms with Crippen LogP contribution in [0.4, 0.5) is 0 Å². The SMILES string of the molecule is COC(=O)C(C)(O)CNCCCC(=O)NC1CC1. The maximum absolute atomic E-state index is 11.3. The number of carbonyl (C=O) groups excluding carboxylic acids is 2. The minimum Gasteiger partial charge on any atom is -0.467 e. The Labute approximate surface area is 107 Å². The molecule has 0 aromatic rings. The summed E-state index contributed by atoms with van der Waals surface area (Å²) < 4.78 is 4.47. The van der Waals surface area contributed by atoms with E-state index in [1.807, 2.05) is 0 Å². The Morgan fingerprint density at radius 3 is 2.67 bits per heavy atom. The first-order valence-corrected chi connectivity index (χ1v) is 6.26. The van der Waals surface area contributed by atoms with Crippen LogP contribution in [0, 0.1) is 0 Å². The van der Waals surface area contributed by atoms with Gasteiger partial charge in [-0.3, -0.25) is 4.79 Å². The van der Waals surface area contributed by atoms with Gasteiger partial charge in [0.1, 0.15) is 0 Å². The van der Waals surface area contributed by atoms with Crippen LogP contribution in [0.15, 0.2) is 0 Å². The third-order valence-corrected chi connectivity index (χ3v) is 2.79. The molecule has 1 unspecified atom stereocenters. The number of carbonyl (C=O) groups is 2. The zero-order valence-electron chi connectivity index (χ0n) is 11.0. The van der Waals surface area contributed by atoms with Crippen LogP contribution in [-0.2, 0) is 14.3 Å². The molecule has 1 aliphatic rings. The van der Waals surface area contributed by atoms with E-state index in [2.05, 4.69) is 15.4 Å². The van der Waals surface area contributed by atoms with Gasteiger partial charge in [0.2, 0.25) is 5.91 Å². The van der Waals surface area contributed by atoms with Gasteiger partial charge in [-0.2, -0.15) is 0 Å². The van der Waals surface area contributed by atoms with Crippen LogP contribution in [0.25, 0.3) is 0 Å². The van der Waals surface area contributed by atoms with Gasteiger partial charge in [-0.1, -0.05) is 0 Å². The summed E-state index contributed by atoms with van der Waals surface area (Å²) in [7, 11) is 1.24. The fourth-order valence-electron chi connectivity index (χ4n) is 1.53. The molecule has 0 aromatic heterocycles. The number of nitrogens with one attached hydrogen (secondary N) is 2. The summed E-state index contributed by atoms with van der Waals surface area (Å²) >= 11 is 0. The van der Waals surface area contributed by atoms with Gasteiger partial charge in [0, 0.05) is 19.0 Å². The second-order valence-electron chi connectivity index (χ2n) is 4.89. The molecule has 1 saturated carbocycles. The lowest BCUT2D eigenvalue weighted by Gasteiger charge is -2.20. The molecule has 0 saturated heterocycles. The Morgan fingerprint density at radius 2 is 2.11 bits per heavy atom. The molecule has 1 rings (SSSR count). The van der Waals surface area contributed by atoms with E-state index < -0.39 is 11.6 Å². The lowest BCUT2D eigenvalue weighted by atomic mass is 10.1. The monoisotopic (exact) mass is 258 g/mol. The normalized spacial score (nSPS) is 17.9. The number of esters is 1. The summed E-state index contributed by atoms with van der Waals surface area (Å²) in [6.45, 7) is 2.08. The predicted molar refractivity (Wildman–Crippen MR) is 65.9 cm³/mol. The maximum atomic E-state index is 11.3. The maximum Gasteiger partial charge on any atom is 0.338 e. The van der Waals surface area contributed by atoms with E-state index in [0.29, 0.717) is 25.4 Å². The van der Waals surface area contributed by atoms with Crippen molar-refractivity contribution in [3.8, 4) is 0 Å². The van der Waals surface area contributed by atoms with E-state index >= 15 is 0 Å². The van der Waals surface area contributed by atoms with Gasteiger partial charge in [0.05, 0.1) is 7.11 Å². The van der Waals surface area contributed by atoms with Crippen LogP contribution in [0.2, 0.25) is 0 Å². The molecule has 0 spiro atoms. The smallest absolute Gasteiger partial charge is 0.338 e. The van der Waals surface area contributed by atoms with Crippen molar-refractivity contribution < 1.29 is 19.4 Å². The lowest BCUT2D eigenvalue weighted by Crippen LogP contribution is -2.45. The summed E-state index contributed by atoms with van der Waals surface area (Å²) in [6, 6.07) is 0.394. The van der Waals surface area contributed by atoms with Crippen LogP contribution in [0.1, 0.15) is 32.6 Å². The van der Waals surface area contributed by atoms with Gasteiger partial charge in [0.15, 0.2) is 5.60 Å². The highest BCUT2D eigenvalue weighted by molar-refractivity contribution is 5.78. The molecule has 1 amide bonds. The molecule has 18 heavy (non-hydrogen) atoms. The number of aliphatic hydroxyl groups is 1. The molecule has 0 aromatic carbocycles. The summed E-state index contributed by atoms with van der Waals surface area (Å²) in [5.74, 6) is -0.597. The number of ether oxygens (including phenoxy) is 1. The minimum atomic E-state index is -1.52. The van der Waals surface area contributed by atoms with Gasteiger partial charge < -0.3 is 20.5 Å².